The van der Waals surface area contributed by atoms with E-state index in [4.69, 9.17) is 5.73 Å². The van der Waals surface area contributed by atoms with Crippen LogP contribution in [0.15, 0.2) is 39.6 Å². The molecule has 0 saturated carbocycles. The molecule has 0 aliphatic carbocycles. The van der Waals surface area contributed by atoms with E-state index in [0.29, 0.717) is 20.9 Å². The van der Waals surface area contributed by atoms with Crippen LogP contribution in [0.4, 0.5) is 9.18 Å². The maximum atomic E-state index is 13.2. The van der Waals surface area contributed by atoms with Gasteiger partial charge in [0.25, 0.3) is 5.56 Å². The lowest BCUT2D eigenvalue weighted by Crippen LogP contribution is -2.39. The van der Waals surface area contributed by atoms with Gasteiger partial charge in [0.15, 0.2) is 5.16 Å². The van der Waals surface area contributed by atoms with Crippen molar-refractivity contribution in [3.8, 4) is 11.1 Å². The van der Waals surface area contributed by atoms with Crippen LogP contribution in [0.1, 0.15) is 6.92 Å². The minimum atomic E-state index is -0.938. The van der Waals surface area contributed by atoms with Crippen molar-refractivity contribution < 1.29 is 14.0 Å². The molecular weight excluding hydrogens is 391 g/mol. The van der Waals surface area contributed by atoms with Crippen molar-refractivity contribution in [2.45, 2.75) is 17.3 Å². The Balaban J connectivity index is 2.00. The van der Waals surface area contributed by atoms with Crippen molar-refractivity contribution in [3.63, 3.8) is 0 Å². The molecule has 0 saturated heterocycles. The number of nitrogens with one attached hydrogen (secondary N) is 1. The molecule has 3 N–H and O–H groups in total. The number of benzene rings is 1. The molecule has 0 unspecified atom stereocenters. The monoisotopic (exact) mass is 406 g/mol. The third-order valence-corrected chi connectivity index (χ3v) is 5.84. The second-order valence-electron chi connectivity index (χ2n) is 5.71. The average molecular weight is 406 g/mol. The number of aromatic nitrogens is 2. The van der Waals surface area contributed by atoms with Crippen LogP contribution in [-0.4, -0.2) is 26.7 Å². The highest BCUT2D eigenvalue weighted by atomic mass is 32.2. The van der Waals surface area contributed by atoms with Gasteiger partial charge >= 0.3 is 6.03 Å². The topological polar surface area (TPSA) is 107 Å². The molecule has 0 aliphatic rings. The smallest absolute Gasteiger partial charge is 0.318 e. The second kappa shape index (κ2) is 7.49. The Morgan fingerprint density at radius 1 is 1.33 bits per heavy atom. The third kappa shape index (κ3) is 3.86. The van der Waals surface area contributed by atoms with Crippen molar-refractivity contribution in [2.75, 3.05) is 0 Å². The number of nitrogens with zero attached hydrogens (tertiary/aromatic N) is 2. The Morgan fingerprint density at radius 3 is 2.63 bits per heavy atom. The van der Waals surface area contributed by atoms with Crippen LogP contribution in [0.25, 0.3) is 21.3 Å². The van der Waals surface area contributed by atoms with Gasteiger partial charge in [-0.15, -0.1) is 11.3 Å². The summed E-state index contributed by atoms with van der Waals surface area (Å²) >= 11 is 2.34. The Hall–Kier alpha value is -2.72. The van der Waals surface area contributed by atoms with Gasteiger partial charge in [-0.1, -0.05) is 23.9 Å². The van der Waals surface area contributed by atoms with E-state index in [1.54, 1.807) is 31.5 Å². The fourth-order valence-electron chi connectivity index (χ4n) is 2.44. The molecule has 2 heterocycles. The van der Waals surface area contributed by atoms with Crippen LogP contribution >= 0.6 is 23.1 Å². The quantitative estimate of drug-likeness (QED) is 0.511. The van der Waals surface area contributed by atoms with Crippen molar-refractivity contribution in [3.05, 3.63) is 45.8 Å². The van der Waals surface area contributed by atoms with Crippen molar-refractivity contribution in [2.24, 2.45) is 12.8 Å². The first-order valence-corrected chi connectivity index (χ1v) is 9.55. The summed E-state index contributed by atoms with van der Waals surface area (Å²) in [6.45, 7) is 1.58. The minimum Gasteiger partial charge on any atom is -0.351 e. The number of imide groups is 1. The van der Waals surface area contributed by atoms with Crippen LogP contribution < -0.4 is 16.6 Å². The number of primary amides is 1. The number of carbonyl (C=O) groups is 2. The second-order valence-corrected chi connectivity index (χ2v) is 7.87. The van der Waals surface area contributed by atoms with Gasteiger partial charge in [0.2, 0.25) is 5.91 Å². The number of halogens is 1. The van der Waals surface area contributed by atoms with Crippen molar-refractivity contribution in [1.29, 1.82) is 0 Å². The Labute approximate surface area is 161 Å². The molecule has 0 spiro atoms. The molecule has 0 radical (unpaired) electrons. The number of thiophene rings is 1. The number of carbonyl (C=O) groups excluding carboxylic acids is 2. The zero-order chi connectivity index (χ0) is 19.7. The normalized spacial score (nSPS) is 12.1. The van der Waals surface area contributed by atoms with E-state index in [1.807, 2.05) is 5.32 Å². The molecule has 0 aliphatic heterocycles. The summed E-state index contributed by atoms with van der Waals surface area (Å²) in [6, 6.07) is 4.94. The average Bonchev–Trinajstić information content (AvgIpc) is 3.03. The summed E-state index contributed by atoms with van der Waals surface area (Å²) in [5, 5.41) is 3.90. The Bertz CT molecular complexity index is 1090. The van der Waals surface area contributed by atoms with Gasteiger partial charge < -0.3 is 5.73 Å². The van der Waals surface area contributed by atoms with E-state index in [1.165, 1.54) is 28.0 Å². The van der Waals surface area contributed by atoms with Crippen LogP contribution in [0, 0.1) is 5.82 Å². The van der Waals surface area contributed by atoms with Gasteiger partial charge in [0.1, 0.15) is 10.6 Å². The number of nitrogens with two attached hydrogens (primary N) is 1. The van der Waals surface area contributed by atoms with Crippen LogP contribution in [0.5, 0.6) is 0 Å². The van der Waals surface area contributed by atoms with E-state index in [-0.39, 0.29) is 11.4 Å². The maximum absolute atomic E-state index is 13.2. The van der Waals surface area contributed by atoms with Gasteiger partial charge in [-0.2, -0.15) is 0 Å². The lowest BCUT2D eigenvalue weighted by Gasteiger charge is -2.12. The summed E-state index contributed by atoms with van der Waals surface area (Å²) in [5.74, 6) is -0.925. The SMILES string of the molecule is C[C@@H](Sc1nc2scc(-c3ccc(F)cc3)c2c(=O)n1C)C(=O)NC(N)=O. The molecule has 2 aromatic heterocycles. The number of urea groups is 1. The predicted octanol–water partition coefficient (Wildman–Crippen LogP) is 2.48. The molecule has 27 heavy (non-hydrogen) atoms. The Kier molecular flexibility index (Phi) is 5.29. The molecule has 10 heteroatoms. The molecule has 0 bridgehead atoms. The number of rotatable bonds is 4. The number of thioether (sulfide) groups is 1. The highest BCUT2D eigenvalue weighted by Gasteiger charge is 2.21. The van der Waals surface area contributed by atoms with Gasteiger partial charge in [-0.25, -0.2) is 14.2 Å². The Morgan fingerprint density at radius 2 is 2.00 bits per heavy atom. The lowest BCUT2D eigenvalue weighted by molar-refractivity contribution is -0.119. The van der Waals surface area contributed by atoms with Gasteiger partial charge in [0.05, 0.1) is 10.6 Å². The number of hydrogen-bond acceptors (Lipinski definition) is 6. The molecule has 7 nitrogen and oxygen atoms in total. The predicted molar refractivity (Wildman–Crippen MR) is 103 cm³/mol. The largest absolute Gasteiger partial charge is 0.351 e. The van der Waals surface area contributed by atoms with E-state index >= 15 is 0 Å². The molecule has 3 aromatic rings. The molecule has 1 atom stereocenters. The summed E-state index contributed by atoms with van der Waals surface area (Å²) in [7, 11) is 1.56. The first-order chi connectivity index (χ1) is 12.8. The van der Waals surface area contributed by atoms with Crippen LogP contribution in [-0.2, 0) is 11.8 Å². The van der Waals surface area contributed by atoms with E-state index < -0.39 is 17.2 Å². The van der Waals surface area contributed by atoms with Crippen LogP contribution in [0.3, 0.4) is 0 Å². The highest BCUT2D eigenvalue weighted by molar-refractivity contribution is 8.00. The molecule has 3 amide bonds. The zero-order valence-electron chi connectivity index (χ0n) is 14.4. The van der Waals surface area contributed by atoms with Gasteiger partial charge in [0, 0.05) is 18.0 Å². The number of fused-ring (bicyclic) bond motifs is 1. The summed E-state index contributed by atoms with van der Waals surface area (Å²) in [6.07, 6.45) is 0. The van der Waals surface area contributed by atoms with Crippen molar-refractivity contribution in [1.82, 2.24) is 14.9 Å². The lowest BCUT2D eigenvalue weighted by atomic mass is 10.1. The first kappa shape index (κ1) is 19.1. The molecular formula is C17H15FN4O3S2. The van der Waals surface area contributed by atoms with Crippen molar-refractivity contribution >= 4 is 45.3 Å². The molecule has 140 valence electrons. The maximum Gasteiger partial charge on any atom is 0.318 e. The summed E-state index contributed by atoms with van der Waals surface area (Å²) in [5.41, 5.74) is 6.07. The number of amides is 3. The van der Waals surface area contributed by atoms with E-state index in [9.17, 15) is 18.8 Å². The summed E-state index contributed by atoms with van der Waals surface area (Å²) < 4.78 is 14.5. The molecule has 3 rings (SSSR count). The third-order valence-electron chi connectivity index (χ3n) is 3.83. The fourth-order valence-corrected chi connectivity index (χ4v) is 4.30. The van der Waals surface area contributed by atoms with E-state index in [2.05, 4.69) is 4.98 Å². The minimum absolute atomic E-state index is 0.273. The highest BCUT2D eigenvalue weighted by Crippen LogP contribution is 2.32. The van der Waals surface area contributed by atoms with E-state index in [0.717, 1.165) is 17.3 Å². The van der Waals surface area contributed by atoms with Gasteiger partial charge in [-0.05, 0) is 24.6 Å². The molecule has 0 fully saturated rings. The molecule has 1 aromatic carbocycles. The standard InChI is InChI=1S/C17H15FN4O3S2/c1-8(13(23)20-16(19)25)27-17-21-14-12(15(24)22(17)2)11(7-26-14)9-3-5-10(18)6-4-9/h3-8H,1-2H3,(H3,19,20,23,25)/t8-/m1/s1. The summed E-state index contributed by atoms with van der Waals surface area (Å²) in [4.78, 5) is 40.5. The zero-order valence-corrected chi connectivity index (χ0v) is 16.0. The van der Waals surface area contributed by atoms with Crippen LogP contribution in [0.2, 0.25) is 0 Å². The van der Waals surface area contributed by atoms with Gasteiger partial charge in [-0.3, -0.25) is 19.5 Å². The first-order valence-electron chi connectivity index (χ1n) is 7.79. The fraction of sp³-hybridized carbons (Fsp3) is 0.176. The number of hydrogen-bond donors (Lipinski definition) is 2.